The molecule has 0 spiro atoms. The molecule has 2 nitrogen and oxygen atoms in total. The summed E-state index contributed by atoms with van der Waals surface area (Å²) in [6.07, 6.45) is 5.69. The van der Waals surface area contributed by atoms with Gasteiger partial charge in [0, 0.05) is 7.05 Å². The van der Waals surface area contributed by atoms with Crippen molar-refractivity contribution in [2.45, 2.75) is 6.92 Å². The Morgan fingerprint density at radius 2 is 2.33 bits per heavy atom. The van der Waals surface area contributed by atoms with Crippen molar-refractivity contribution >= 4 is 0 Å². The van der Waals surface area contributed by atoms with E-state index in [1.54, 1.807) is 6.08 Å². The molecule has 1 aliphatic heterocycles. The molecule has 66 valence electrons. The van der Waals surface area contributed by atoms with Crippen molar-refractivity contribution in [3.63, 3.8) is 0 Å². The molecule has 1 saturated heterocycles. The molecule has 1 heterocycles. The standard InChI is InChI=1S/C10H15NO/c1-4-6-10-9(5-2)11(3)7-8-12-10/h4-6H,1,7-8H2,2-3H3/b9-5+,10-6+. The van der Waals surface area contributed by atoms with Crippen LogP contribution in [0.1, 0.15) is 6.92 Å². The molecule has 0 bridgehead atoms. The van der Waals surface area contributed by atoms with Crippen LogP contribution in [0, 0.1) is 0 Å². The van der Waals surface area contributed by atoms with Crippen molar-refractivity contribution in [1.82, 2.24) is 4.90 Å². The van der Waals surface area contributed by atoms with Crippen LogP contribution in [0.2, 0.25) is 0 Å². The zero-order chi connectivity index (χ0) is 8.97. The third-order valence-corrected chi connectivity index (χ3v) is 1.89. The van der Waals surface area contributed by atoms with Gasteiger partial charge >= 0.3 is 0 Å². The van der Waals surface area contributed by atoms with E-state index in [2.05, 4.69) is 24.6 Å². The Bertz CT molecular complexity index is 228. The quantitative estimate of drug-likeness (QED) is 0.588. The van der Waals surface area contributed by atoms with Gasteiger partial charge < -0.3 is 9.64 Å². The number of hydrogen-bond donors (Lipinski definition) is 0. The second-order valence-corrected chi connectivity index (χ2v) is 2.71. The lowest BCUT2D eigenvalue weighted by atomic mass is 10.2. The van der Waals surface area contributed by atoms with Crippen LogP contribution in [-0.2, 0) is 4.74 Å². The predicted octanol–water partition coefficient (Wildman–Crippen LogP) is 1.92. The van der Waals surface area contributed by atoms with Gasteiger partial charge in [-0.05, 0) is 13.0 Å². The normalized spacial score (nSPS) is 24.3. The number of allylic oxidation sites excluding steroid dienone is 3. The number of rotatable bonds is 1. The van der Waals surface area contributed by atoms with Gasteiger partial charge in [0.15, 0.2) is 0 Å². The number of likely N-dealkylation sites (N-methyl/N-ethyl adjacent to an activating group) is 1. The number of ether oxygens (including phenoxy) is 1. The summed E-state index contributed by atoms with van der Waals surface area (Å²) < 4.78 is 5.47. The second-order valence-electron chi connectivity index (χ2n) is 2.71. The molecule has 0 atom stereocenters. The Morgan fingerprint density at radius 3 is 2.92 bits per heavy atom. The van der Waals surface area contributed by atoms with E-state index in [-0.39, 0.29) is 0 Å². The minimum absolute atomic E-state index is 0.757. The Morgan fingerprint density at radius 1 is 1.58 bits per heavy atom. The number of nitrogens with zero attached hydrogens (tertiary/aromatic N) is 1. The molecule has 1 rings (SSSR count). The first-order valence-electron chi connectivity index (χ1n) is 4.13. The third-order valence-electron chi connectivity index (χ3n) is 1.89. The van der Waals surface area contributed by atoms with E-state index in [1.807, 2.05) is 13.0 Å². The van der Waals surface area contributed by atoms with Gasteiger partial charge in [-0.1, -0.05) is 18.7 Å². The van der Waals surface area contributed by atoms with Gasteiger partial charge in [0.05, 0.1) is 12.2 Å². The van der Waals surface area contributed by atoms with Gasteiger partial charge in [-0.15, -0.1) is 0 Å². The number of hydrogen-bond acceptors (Lipinski definition) is 2. The summed E-state index contributed by atoms with van der Waals surface area (Å²) in [5, 5.41) is 0. The van der Waals surface area contributed by atoms with Crippen molar-refractivity contribution in [3.8, 4) is 0 Å². The lowest BCUT2D eigenvalue weighted by Gasteiger charge is -2.29. The Hall–Kier alpha value is -1.18. The van der Waals surface area contributed by atoms with Gasteiger partial charge in [0.2, 0.25) is 0 Å². The van der Waals surface area contributed by atoms with Gasteiger partial charge in [0.1, 0.15) is 12.4 Å². The van der Waals surface area contributed by atoms with Crippen LogP contribution >= 0.6 is 0 Å². The average molecular weight is 165 g/mol. The summed E-state index contributed by atoms with van der Waals surface area (Å²) in [7, 11) is 2.06. The fraction of sp³-hybridized carbons (Fsp3) is 0.400. The van der Waals surface area contributed by atoms with E-state index in [0.29, 0.717) is 0 Å². The minimum Gasteiger partial charge on any atom is -0.490 e. The summed E-state index contributed by atoms with van der Waals surface area (Å²) in [5.41, 5.74) is 1.14. The first kappa shape index (κ1) is 8.91. The summed E-state index contributed by atoms with van der Waals surface area (Å²) in [6.45, 7) is 7.37. The van der Waals surface area contributed by atoms with Gasteiger partial charge in [-0.25, -0.2) is 0 Å². The highest BCUT2D eigenvalue weighted by Crippen LogP contribution is 2.19. The first-order valence-corrected chi connectivity index (χ1v) is 4.13. The molecule has 0 radical (unpaired) electrons. The monoisotopic (exact) mass is 165 g/mol. The van der Waals surface area contributed by atoms with E-state index >= 15 is 0 Å². The van der Waals surface area contributed by atoms with Crippen LogP contribution in [0.25, 0.3) is 0 Å². The Kier molecular flexibility index (Phi) is 2.97. The molecule has 0 aromatic rings. The molecule has 1 fully saturated rings. The van der Waals surface area contributed by atoms with E-state index in [0.717, 1.165) is 24.6 Å². The molecule has 0 aromatic carbocycles. The van der Waals surface area contributed by atoms with E-state index < -0.39 is 0 Å². The van der Waals surface area contributed by atoms with Crippen molar-refractivity contribution < 1.29 is 4.74 Å². The lowest BCUT2D eigenvalue weighted by Crippen LogP contribution is -2.29. The van der Waals surface area contributed by atoms with Crippen molar-refractivity contribution in [3.05, 3.63) is 36.3 Å². The lowest BCUT2D eigenvalue weighted by molar-refractivity contribution is 0.142. The molecular weight excluding hydrogens is 150 g/mol. The molecule has 2 heteroatoms. The molecule has 0 unspecified atom stereocenters. The predicted molar refractivity (Wildman–Crippen MR) is 50.6 cm³/mol. The maximum Gasteiger partial charge on any atom is 0.142 e. The largest absolute Gasteiger partial charge is 0.490 e. The molecule has 1 aliphatic rings. The zero-order valence-electron chi connectivity index (χ0n) is 7.71. The second kappa shape index (κ2) is 4.00. The summed E-state index contributed by atoms with van der Waals surface area (Å²) in [6, 6.07) is 0. The molecule has 0 amide bonds. The fourth-order valence-electron chi connectivity index (χ4n) is 1.28. The highest BCUT2D eigenvalue weighted by atomic mass is 16.5. The van der Waals surface area contributed by atoms with Crippen LogP contribution in [0.15, 0.2) is 36.3 Å². The van der Waals surface area contributed by atoms with E-state index in [4.69, 9.17) is 4.74 Å². The number of morpholine rings is 1. The van der Waals surface area contributed by atoms with Crippen LogP contribution in [0.3, 0.4) is 0 Å². The summed E-state index contributed by atoms with van der Waals surface area (Å²) in [5.74, 6) is 0.918. The van der Waals surface area contributed by atoms with Crippen molar-refractivity contribution in [2.75, 3.05) is 20.2 Å². The van der Waals surface area contributed by atoms with Crippen LogP contribution in [0.4, 0.5) is 0 Å². The Balaban J connectivity index is 2.85. The summed E-state index contributed by atoms with van der Waals surface area (Å²) >= 11 is 0. The first-order chi connectivity index (χ1) is 5.79. The maximum atomic E-state index is 5.47. The minimum atomic E-state index is 0.757. The highest BCUT2D eigenvalue weighted by Gasteiger charge is 2.15. The third kappa shape index (κ3) is 1.70. The van der Waals surface area contributed by atoms with Crippen molar-refractivity contribution in [1.29, 1.82) is 0 Å². The highest BCUT2D eigenvalue weighted by molar-refractivity contribution is 5.28. The smallest absolute Gasteiger partial charge is 0.142 e. The van der Waals surface area contributed by atoms with Gasteiger partial charge in [-0.3, -0.25) is 0 Å². The van der Waals surface area contributed by atoms with Crippen molar-refractivity contribution in [2.24, 2.45) is 0 Å². The maximum absolute atomic E-state index is 5.47. The molecule has 0 aliphatic carbocycles. The fourth-order valence-corrected chi connectivity index (χ4v) is 1.28. The van der Waals surface area contributed by atoms with E-state index in [9.17, 15) is 0 Å². The van der Waals surface area contributed by atoms with Crippen LogP contribution in [-0.4, -0.2) is 25.1 Å². The van der Waals surface area contributed by atoms with E-state index in [1.165, 1.54) is 0 Å². The van der Waals surface area contributed by atoms with Crippen LogP contribution < -0.4 is 0 Å². The topological polar surface area (TPSA) is 12.5 Å². The molecule has 0 saturated carbocycles. The Labute approximate surface area is 73.8 Å². The summed E-state index contributed by atoms with van der Waals surface area (Å²) in [4.78, 5) is 2.18. The molecule has 12 heavy (non-hydrogen) atoms. The van der Waals surface area contributed by atoms with Gasteiger partial charge in [-0.2, -0.15) is 0 Å². The molecule has 0 aromatic heterocycles. The average Bonchev–Trinajstić information content (AvgIpc) is 2.05. The SMILES string of the molecule is C=C/C=C1/OCCN(C)/C1=C/C. The van der Waals surface area contributed by atoms with Gasteiger partial charge in [0.25, 0.3) is 0 Å². The zero-order valence-corrected chi connectivity index (χ0v) is 7.71. The van der Waals surface area contributed by atoms with Crippen LogP contribution in [0.5, 0.6) is 0 Å². The molecular formula is C10H15NO. The molecule has 0 N–H and O–H groups in total.